The van der Waals surface area contributed by atoms with Gasteiger partial charge in [-0.1, -0.05) is 19.1 Å². The molecule has 0 spiro atoms. The number of aromatic nitrogens is 2. The summed E-state index contributed by atoms with van der Waals surface area (Å²) >= 11 is 0. The molecule has 21 heavy (non-hydrogen) atoms. The van der Waals surface area contributed by atoms with Crippen molar-refractivity contribution in [3.8, 4) is 0 Å². The molecule has 0 saturated heterocycles. The molecule has 0 fully saturated rings. The molecule has 4 heteroatoms. The van der Waals surface area contributed by atoms with Crippen LogP contribution < -0.4 is 0 Å². The largest absolute Gasteiger partial charge is 0.335 e. The molecule has 0 aliphatic rings. The summed E-state index contributed by atoms with van der Waals surface area (Å²) in [6.45, 7) is 6.69. The molecule has 0 aliphatic carbocycles. The number of imidazole rings is 1. The maximum Gasteiger partial charge on any atom is 0.150 e. The van der Waals surface area contributed by atoms with E-state index in [4.69, 9.17) is 0 Å². The zero-order valence-corrected chi connectivity index (χ0v) is 12.8. The minimum absolute atomic E-state index is 0.0812. The van der Waals surface area contributed by atoms with Crippen molar-refractivity contribution in [3.63, 3.8) is 0 Å². The van der Waals surface area contributed by atoms with Gasteiger partial charge in [-0.3, -0.25) is 4.79 Å². The number of halogens is 1. The fourth-order valence-electron chi connectivity index (χ4n) is 2.34. The fourth-order valence-corrected chi connectivity index (χ4v) is 2.34. The van der Waals surface area contributed by atoms with Crippen molar-refractivity contribution in [2.45, 2.75) is 45.6 Å². The summed E-state index contributed by atoms with van der Waals surface area (Å²) in [4.78, 5) is 16.9. The molecule has 112 valence electrons. The van der Waals surface area contributed by atoms with Crippen molar-refractivity contribution in [2.75, 3.05) is 0 Å². The normalized spacial score (nSPS) is 11.6. The lowest BCUT2D eigenvalue weighted by Gasteiger charge is -2.23. The second kappa shape index (κ2) is 6.20. The van der Waals surface area contributed by atoms with E-state index < -0.39 is 5.41 Å². The Kier molecular flexibility index (Phi) is 4.56. The van der Waals surface area contributed by atoms with Crippen molar-refractivity contribution in [1.82, 2.24) is 9.55 Å². The molecule has 0 amide bonds. The third kappa shape index (κ3) is 3.38. The predicted octanol–water partition coefficient (Wildman–Crippen LogP) is 3.52. The quantitative estimate of drug-likeness (QED) is 0.815. The second-order valence-electron chi connectivity index (χ2n) is 5.77. The van der Waals surface area contributed by atoms with Crippen molar-refractivity contribution < 1.29 is 9.18 Å². The molecular formula is C17H21FN2O. The lowest BCUT2D eigenvalue weighted by atomic mass is 9.79. The van der Waals surface area contributed by atoms with Crippen LogP contribution in [0.25, 0.3) is 0 Å². The maximum absolute atomic E-state index is 13.0. The molecular weight excluding hydrogens is 267 g/mol. The van der Waals surface area contributed by atoms with Gasteiger partial charge in [-0.2, -0.15) is 0 Å². The Hall–Kier alpha value is -1.97. The van der Waals surface area contributed by atoms with Gasteiger partial charge in [-0.15, -0.1) is 0 Å². The van der Waals surface area contributed by atoms with Gasteiger partial charge in [0.05, 0.1) is 6.42 Å². The van der Waals surface area contributed by atoms with Crippen LogP contribution in [0.4, 0.5) is 4.39 Å². The predicted molar refractivity (Wildman–Crippen MR) is 80.7 cm³/mol. The third-order valence-electron chi connectivity index (χ3n) is 3.85. The number of aryl methyl sites for hydroxylation is 1. The first-order valence-corrected chi connectivity index (χ1v) is 7.24. The van der Waals surface area contributed by atoms with E-state index in [2.05, 4.69) is 11.9 Å². The van der Waals surface area contributed by atoms with Crippen molar-refractivity contribution in [3.05, 3.63) is 53.9 Å². The first-order valence-electron chi connectivity index (χ1n) is 7.24. The third-order valence-corrected chi connectivity index (χ3v) is 3.85. The average Bonchev–Trinajstić information content (AvgIpc) is 2.87. The van der Waals surface area contributed by atoms with E-state index >= 15 is 0 Å². The number of rotatable bonds is 6. The monoisotopic (exact) mass is 288 g/mol. The van der Waals surface area contributed by atoms with Crippen LogP contribution in [0, 0.1) is 5.82 Å². The molecule has 1 heterocycles. The first kappa shape index (κ1) is 15.4. The molecule has 2 rings (SSSR count). The van der Waals surface area contributed by atoms with E-state index in [1.165, 1.54) is 12.1 Å². The Morgan fingerprint density at radius 3 is 2.57 bits per heavy atom. The van der Waals surface area contributed by atoms with E-state index in [0.29, 0.717) is 0 Å². The SMILES string of the molecule is CCCn1ccnc1CC(=O)C(C)(C)c1ccc(F)cc1. The van der Waals surface area contributed by atoms with Crippen LogP contribution in [0.1, 0.15) is 38.6 Å². The highest BCUT2D eigenvalue weighted by Gasteiger charge is 2.30. The summed E-state index contributed by atoms with van der Waals surface area (Å²) in [6, 6.07) is 6.13. The van der Waals surface area contributed by atoms with E-state index in [0.717, 1.165) is 24.4 Å². The summed E-state index contributed by atoms with van der Waals surface area (Å²) in [5.74, 6) is 0.579. The van der Waals surface area contributed by atoms with Gasteiger partial charge in [-0.05, 0) is 38.0 Å². The Morgan fingerprint density at radius 1 is 1.29 bits per heavy atom. The number of hydrogen-bond acceptors (Lipinski definition) is 2. The number of Topliss-reactive ketones (excluding diaryl/α,β-unsaturated/α-hetero) is 1. The maximum atomic E-state index is 13.0. The smallest absolute Gasteiger partial charge is 0.150 e. The van der Waals surface area contributed by atoms with E-state index in [1.807, 2.05) is 24.6 Å². The highest BCUT2D eigenvalue weighted by molar-refractivity contribution is 5.90. The van der Waals surface area contributed by atoms with Gasteiger partial charge in [-0.25, -0.2) is 9.37 Å². The molecule has 0 unspecified atom stereocenters. The molecule has 1 aromatic carbocycles. The number of hydrogen-bond donors (Lipinski definition) is 0. The average molecular weight is 288 g/mol. The molecule has 0 bridgehead atoms. The highest BCUT2D eigenvalue weighted by atomic mass is 19.1. The van der Waals surface area contributed by atoms with Crippen LogP contribution in [0.15, 0.2) is 36.7 Å². The molecule has 0 aliphatic heterocycles. The number of carbonyl (C=O) groups excluding carboxylic acids is 1. The molecule has 1 aromatic heterocycles. The van der Waals surface area contributed by atoms with Gasteiger partial charge < -0.3 is 4.57 Å². The van der Waals surface area contributed by atoms with Gasteiger partial charge in [0.25, 0.3) is 0 Å². The van der Waals surface area contributed by atoms with Gasteiger partial charge >= 0.3 is 0 Å². The fraction of sp³-hybridized carbons (Fsp3) is 0.412. The highest BCUT2D eigenvalue weighted by Crippen LogP contribution is 2.26. The number of nitrogens with zero attached hydrogens (tertiary/aromatic N) is 2. The van der Waals surface area contributed by atoms with Crippen molar-refractivity contribution in [2.24, 2.45) is 0 Å². The van der Waals surface area contributed by atoms with Crippen LogP contribution in [0.2, 0.25) is 0 Å². The summed E-state index contributed by atoms with van der Waals surface area (Å²) < 4.78 is 15.0. The molecule has 0 radical (unpaired) electrons. The lowest BCUT2D eigenvalue weighted by molar-refractivity contribution is -0.123. The van der Waals surface area contributed by atoms with Gasteiger partial charge in [0.1, 0.15) is 17.4 Å². The zero-order valence-electron chi connectivity index (χ0n) is 12.8. The molecule has 0 atom stereocenters. The van der Waals surface area contributed by atoms with E-state index in [9.17, 15) is 9.18 Å². The van der Waals surface area contributed by atoms with Crippen LogP contribution >= 0.6 is 0 Å². The Balaban J connectivity index is 2.18. The summed E-state index contributed by atoms with van der Waals surface area (Å²) in [5.41, 5.74) is 0.166. The summed E-state index contributed by atoms with van der Waals surface area (Å²) in [5, 5.41) is 0. The molecule has 2 aromatic rings. The summed E-state index contributed by atoms with van der Waals surface area (Å²) in [7, 11) is 0. The minimum Gasteiger partial charge on any atom is -0.335 e. The van der Waals surface area contributed by atoms with E-state index in [-0.39, 0.29) is 18.0 Å². The standard InChI is InChI=1S/C17H21FN2O/c1-4-10-20-11-9-19-16(20)12-15(21)17(2,3)13-5-7-14(18)8-6-13/h5-9,11H,4,10,12H2,1-3H3. The van der Waals surface area contributed by atoms with Crippen molar-refractivity contribution in [1.29, 1.82) is 0 Å². The van der Waals surface area contributed by atoms with Crippen molar-refractivity contribution >= 4 is 5.78 Å². The van der Waals surface area contributed by atoms with Crippen LogP contribution in [-0.4, -0.2) is 15.3 Å². The zero-order chi connectivity index (χ0) is 15.5. The van der Waals surface area contributed by atoms with Crippen LogP contribution in [-0.2, 0) is 23.2 Å². The molecule has 3 nitrogen and oxygen atoms in total. The van der Waals surface area contributed by atoms with Gasteiger partial charge in [0.15, 0.2) is 0 Å². The minimum atomic E-state index is -0.656. The number of ketones is 1. The molecule has 0 N–H and O–H groups in total. The number of benzene rings is 1. The molecule has 0 saturated carbocycles. The second-order valence-corrected chi connectivity index (χ2v) is 5.77. The van der Waals surface area contributed by atoms with Gasteiger partial charge in [0.2, 0.25) is 0 Å². The van der Waals surface area contributed by atoms with Crippen LogP contribution in [0.5, 0.6) is 0 Å². The topological polar surface area (TPSA) is 34.9 Å². The van der Waals surface area contributed by atoms with Gasteiger partial charge in [0, 0.05) is 24.4 Å². The lowest BCUT2D eigenvalue weighted by Crippen LogP contribution is -2.31. The Bertz CT molecular complexity index is 614. The first-order chi connectivity index (χ1) is 9.95. The Labute approximate surface area is 124 Å². The Morgan fingerprint density at radius 2 is 1.95 bits per heavy atom. The summed E-state index contributed by atoms with van der Waals surface area (Å²) in [6.07, 6.45) is 4.91. The van der Waals surface area contributed by atoms with Crippen LogP contribution in [0.3, 0.4) is 0 Å². The van der Waals surface area contributed by atoms with E-state index in [1.54, 1.807) is 18.3 Å². The number of carbonyl (C=O) groups is 1.